The van der Waals surface area contributed by atoms with Crippen molar-refractivity contribution < 1.29 is 16.8 Å². The van der Waals surface area contributed by atoms with E-state index in [0.717, 1.165) is 11.3 Å². The predicted octanol–water partition coefficient (Wildman–Crippen LogP) is 8.27. The molecule has 51 heavy (non-hydrogen) atoms. The molecule has 6 aromatic rings. The van der Waals surface area contributed by atoms with Gasteiger partial charge in [-0.05, 0) is 0 Å². The molecule has 4 aromatic carbocycles. The Morgan fingerprint density at radius 1 is 0.627 bits per heavy atom. The van der Waals surface area contributed by atoms with Crippen LogP contribution in [0, 0.1) is 0 Å². The Balaban J connectivity index is 1.46. The van der Waals surface area contributed by atoms with Gasteiger partial charge in [-0.2, -0.15) is 0 Å². The first-order valence-corrected chi connectivity index (χ1v) is 20.2. The van der Waals surface area contributed by atoms with Crippen LogP contribution in [0.3, 0.4) is 0 Å². The number of rotatable bonds is 2. The number of imidazole rings is 1. The normalized spacial score (nSPS) is 22.9. The summed E-state index contributed by atoms with van der Waals surface area (Å²) in [5.74, 6) is 0. The van der Waals surface area contributed by atoms with E-state index in [4.69, 9.17) is 4.98 Å². The molecular weight excluding hydrogens is 805 g/mol. The van der Waals surface area contributed by atoms with Crippen LogP contribution in [0.5, 0.6) is 0 Å². The van der Waals surface area contributed by atoms with Gasteiger partial charge in [0.15, 0.2) is 0 Å². The zero-order valence-corrected chi connectivity index (χ0v) is 32.5. The molecule has 7 heteroatoms. The summed E-state index contributed by atoms with van der Waals surface area (Å²) in [5.41, 5.74) is 9.09. The first kappa shape index (κ1) is 30.9. The summed E-state index contributed by atoms with van der Waals surface area (Å²) >= 11 is -0.888. The molecule has 4 aliphatic heterocycles. The van der Waals surface area contributed by atoms with Crippen LogP contribution < -0.4 is 0 Å². The quantitative estimate of drug-likeness (QED) is 0.164. The van der Waals surface area contributed by atoms with E-state index in [1.54, 1.807) is 0 Å². The van der Waals surface area contributed by atoms with Gasteiger partial charge in [-0.15, -0.1) is 0 Å². The van der Waals surface area contributed by atoms with Gasteiger partial charge in [0, 0.05) is 0 Å². The number of para-hydroxylation sites is 1. The fourth-order valence-electron chi connectivity index (χ4n) is 9.03. The molecule has 0 aliphatic carbocycles. The zero-order chi connectivity index (χ0) is 35.0. The molecule has 2 atom stereocenters. The Morgan fingerprint density at radius 3 is 2.10 bits per heavy atom. The van der Waals surface area contributed by atoms with E-state index in [2.05, 4.69) is 195 Å². The first-order valence-electron chi connectivity index (χ1n) is 17.8. The molecule has 6 heterocycles. The van der Waals surface area contributed by atoms with Crippen molar-refractivity contribution in [2.75, 3.05) is 14.1 Å². The van der Waals surface area contributed by atoms with Crippen LogP contribution in [0.1, 0.15) is 74.3 Å². The molecule has 6 nitrogen and oxygen atoms in total. The van der Waals surface area contributed by atoms with Crippen LogP contribution >= 0.6 is 0 Å². The topological polar surface area (TPSA) is 30.3 Å². The fraction of sp³-hybridized carbons (Fsp3) is 0.250. The molecule has 0 saturated heterocycles. The number of hydrogen-bond acceptors (Lipinski definition) is 5. The van der Waals surface area contributed by atoms with Gasteiger partial charge in [0.1, 0.15) is 0 Å². The summed E-state index contributed by atoms with van der Waals surface area (Å²) in [7, 11) is 4.43. The number of hydrogen-bond donors (Lipinski definition) is 0. The Morgan fingerprint density at radius 2 is 1.33 bits per heavy atom. The number of aromatic nitrogens is 2. The second-order valence-corrected chi connectivity index (χ2v) is 18.4. The van der Waals surface area contributed by atoms with Crippen LogP contribution in [0.4, 0.5) is 0 Å². The van der Waals surface area contributed by atoms with Gasteiger partial charge in [0.2, 0.25) is 0 Å². The van der Waals surface area contributed by atoms with Gasteiger partial charge in [-0.3, -0.25) is 0 Å². The van der Waals surface area contributed by atoms with E-state index >= 15 is 0 Å². The summed E-state index contributed by atoms with van der Waals surface area (Å²) in [6, 6.07) is 36.2. The minimum absolute atomic E-state index is 0.107. The summed E-state index contributed by atoms with van der Waals surface area (Å²) in [4.78, 5) is 15.7. The van der Waals surface area contributed by atoms with Crippen molar-refractivity contribution >= 4 is 35.9 Å². The molecular formula is C44H42IrN6. The van der Waals surface area contributed by atoms with Crippen molar-refractivity contribution in [1.82, 2.24) is 29.0 Å². The third-order valence-corrected chi connectivity index (χ3v) is 16.5. The Hall–Kier alpha value is -4.84. The Kier molecular flexibility index (Phi) is 6.29. The molecule has 4 bridgehead atoms. The standard InChI is InChI=1S/C44H42N6.Ir/c1-42(2)36-20-14-19-34-33-22-21-32(44(5,31-17-12-9-13-18-31)49-26-24-47(7)29-49)27-35(33)41-45-37(40(43(42,3)4)50(41)39(34)36)38(30-15-10-8-11-16-30)48-25-23-46(6)28-48;/h8-27,38H,1-7H3;/t38-,44?;/m1./s1. The van der Waals surface area contributed by atoms with Crippen LogP contribution in [0.15, 0.2) is 122 Å². The summed E-state index contributed by atoms with van der Waals surface area (Å²) < 4.78 is 5.26. The van der Waals surface area contributed by atoms with E-state index in [0.29, 0.717) is 0 Å². The Labute approximate surface area is 306 Å². The van der Waals surface area contributed by atoms with E-state index in [9.17, 15) is 0 Å². The van der Waals surface area contributed by atoms with E-state index < -0.39 is 22.3 Å². The fourth-order valence-corrected chi connectivity index (χ4v) is 12.5. The molecule has 0 radical (unpaired) electrons. The van der Waals surface area contributed by atoms with E-state index in [1.165, 1.54) is 58.2 Å². The number of pyridine rings is 1. The SMILES string of the molecule is CN1C=CN2[C]1=[Ir]=[C]1N(C)C=CN1C(C)(c1ccccc1)c1ccc3c(c1)c1nc(c4n1c1c(cccc31)C(C)(C)C4(C)C)[C@H]2c1ccccc1. The molecule has 1 unspecified atom stereocenters. The molecule has 2 aromatic heterocycles. The molecule has 4 aliphatic rings. The van der Waals surface area contributed by atoms with Gasteiger partial charge in [-0.1, -0.05) is 0 Å². The van der Waals surface area contributed by atoms with Crippen LogP contribution in [-0.2, 0) is 33.2 Å². The van der Waals surface area contributed by atoms with E-state index in [-0.39, 0.29) is 16.9 Å². The second-order valence-electron chi connectivity index (χ2n) is 15.6. The van der Waals surface area contributed by atoms with Crippen molar-refractivity contribution in [1.29, 1.82) is 0 Å². The molecule has 10 rings (SSSR count). The summed E-state index contributed by atoms with van der Waals surface area (Å²) in [6.07, 6.45) is 9.09. The monoisotopic (exact) mass is 847 g/mol. The van der Waals surface area contributed by atoms with Crippen molar-refractivity contribution in [2.24, 2.45) is 0 Å². The van der Waals surface area contributed by atoms with Gasteiger partial charge in [0.05, 0.1) is 0 Å². The second kappa shape index (κ2) is 10.4. The van der Waals surface area contributed by atoms with Crippen LogP contribution in [0.25, 0.3) is 27.3 Å². The molecule has 0 fully saturated rings. The van der Waals surface area contributed by atoms with Gasteiger partial charge < -0.3 is 0 Å². The average molecular weight is 847 g/mol. The van der Waals surface area contributed by atoms with Gasteiger partial charge >= 0.3 is 308 Å². The minimum atomic E-state index is -0.888. The third kappa shape index (κ3) is 3.88. The van der Waals surface area contributed by atoms with Crippen molar-refractivity contribution in [3.63, 3.8) is 0 Å². The van der Waals surface area contributed by atoms with E-state index in [1.807, 2.05) is 0 Å². The van der Waals surface area contributed by atoms with Gasteiger partial charge in [0.25, 0.3) is 0 Å². The third-order valence-electron chi connectivity index (χ3n) is 12.6. The predicted molar refractivity (Wildman–Crippen MR) is 205 cm³/mol. The summed E-state index contributed by atoms with van der Waals surface area (Å²) in [6.45, 7) is 12.2. The molecule has 0 spiro atoms. The molecule has 0 saturated carbocycles. The maximum atomic E-state index is 5.90. The molecule has 0 N–H and O–H groups in total. The molecule has 0 amide bonds. The number of benzene rings is 4. The first-order chi connectivity index (χ1) is 24.5. The van der Waals surface area contributed by atoms with Crippen LogP contribution in [-0.4, -0.2) is 51.6 Å². The van der Waals surface area contributed by atoms with Gasteiger partial charge in [-0.25, -0.2) is 0 Å². The van der Waals surface area contributed by atoms with Crippen molar-refractivity contribution in [3.05, 3.63) is 156 Å². The maximum absolute atomic E-state index is 5.90. The Bertz CT molecular complexity index is 2590. The summed E-state index contributed by atoms with van der Waals surface area (Å²) in [5, 5.41) is 3.73. The number of fused-ring (bicyclic) bond motifs is 6. The zero-order valence-electron chi connectivity index (χ0n) is 30.1. The van der Waals surface area contributed by atoms with Crippen LogP contribution in [0.2, 0.25) is 0 Å². The number of nitrogens with zero attached hydrogens (tertiary/aromatic N) is 6. The van der Waals surface area contributed by atoms with Crippen molar-refractivity contribution in [3.8, 4) is 0 Å². The molecule has 257 valence electrons. The van der Waals surface area contributed by atoms with Crippen molar-refractivity contribution in [2.45, 2.75) is 57.0 Å². The average Bonchev–Trinajstić information content (AvgIpc) is 3.83.